The van der Waals surface area contributed by atoms with Gasteiger partial charge in [0, 0.05) is 52.1 Å². The lowest BCUT2D eigenvalue weighted by Gasteiger charge is -2.34. The lowest BCUT2D eigenvalue weighted by atomic mass is 9.96. The summed E-state index contributed by atoms with van der Waals surface area (Å²) in [4.78, 5) is 29.0. The molecule has 0 saturated carbocycles. The fraction of sp³-hybridized carbons (Fsp3) is 0.737. The van der Waals surface area contributed by atoms with Crippen LogP contribution in [0.1, 0.15) is 44.5 Å². The molecule has 1 aromatic heterocycles. The van der Waals surface area contributed by atoms with E-state index in [1.807, 2.05) is 28.3 Å². The van der Waals surface area contributed by atoms with E-state index in [0.29, 0.717) is 19.4 Å². The van der Waals surface area contributed by atoms with E-state index in [-0.39, 0.29) is 17.7 Å². The minimum atomic E-state index is -0.0430. The van der Waals surface area contributed by atoms with Crippen LogP contribution < -0.4 is 5.32 Å². The molecule has 2 aliphatic rings. The van der Waals surface area contributed by atoms with E-state index < -0.39 is 0 Å². The highest BCUT2D eigenvalue weighted by Crippen LogP contribution is 2.20. The molecule has 1 fully saturated rings. The first-order valence-corrected chi connectivity index (χ1v) is 9.95. The van der Waals surface area contributed by atoms with Crippen LogP contribution in [0.2, 0.25) is 0 Å². The predicted octanol–water partition coefficient (Wildman–Crippen LogP) is 1.03. The Morgan fingerprint density at radius 2 is 2.12 bits per heavy atom. The zero-order valence-corrected chi connectivity index (χ0v) is 16.0. The number of aryl methyl sites for hydroxylation is 1. The van der Waals surface area contributed by atoms with Gasteiger partial charge in [0.15, 0.2) is 0 Å². The van der Waals surface area contributed by atoms with Crippen LogP contribution in [0.25, 0.3) is 0 Å². The summed E-state index contributed by atoms with van der Waals surface area (Å²) in [5, 5.41) is 7.93. The molecule has 0 unspecified atom stereocenters. The number of aromatic nitrogens is 2. The predicted molar refractivity (Wildman–Crippen MR) is 99.5 cm³/mol. The summed E-state index contributed by atoms with van der Waals surface area (Å²) < 4.78 is 2.04. The highest BCUT2D eigenvalue weighted by atomic mass is 16.2. The van der Waals surface area contributed by atoms with Crippen molar-refractivity contribution in [3.05, 3.63) is 17.5 Å². The molecule has 3 rings (SSSR count). The topological polar surface area (TPSA) is 70.5 Å². The average molecular weight is 361 g/mol. The second kappa shape index (κ2) is 8.66. The van der Waals surface area contributed by atoms with Crippen molar-refractivity contribution in [2.24, 2.45) is 5.92 Å². The number of amides is 2. The Morgan fingerprint density at radius 3 is 2.85 bits per heavy atom. The third-order valence-electron chi connectivity index (χ3n) is 5.51. The van der Waals surface area contributed by atoms with Crippen molar-refractivity contribution in [1.82, 2.24) is 24.9 Å². The summed E-state index contributed by atoms with van der Waals surface area (Å²) in [6.45, 7) is 9.51. The Morgan fingerprint density at radius 1 is 1.31 bits per heavy atom. The van der Waals surface area contributed by atoms with Crippen LogP contribution in [0, 0.1) is 5.92 Å². The van der Waals surface area contributed by atoms with Crippen LogP contribution in [0.5, 0.6) is 0 Å². The summed E-state index contributed by atoms with van der Waals surface area (Å²) >= 11 is 0. The quantitative estimate of drug-likeness (QED) is 0.821. The van der Waals surface area contributed by atoms with Gasteiger partial charge in [0.25, 0.3) is 0 Å². The van der Waals surface area contributed by atoms with Gasteiger partial charge in [-0.05, 0) is 32.8 Å². The van der Waals surface area contributed by atoms with Gasteiger partial charge < -0.3 is 15.1 Å². The van der Waals surface area contributed by atoms with Crippen molar-refractivity contribution in [1.29, 1.82) is 0 Å². The highest BCUT2D eigenvalue weighted by molar-refractivity contribution is 5.81. The van der Waals surface area contributed by atoms with Gasteiger partial charge in [-0.25, -0.2) is 0 Å². The van der Waals surface area contributed by atoms with Crippen molar-refractivity contribution in [2.75, 3.05) is 32.7 Å². The zero-order valence-electron chi connectivity index (χ0n) is 16.0. The van der Waals surface area contributed by atoms with Crippen molar-refractivity contribution < 1.29 is 9.59 Å². The van der Waals surface area contributed by atoms with Gasteiger partial charge in [0.2, 0.25) is 11.8 Å². The smallest absolute Gasteiger partial charge is 0.227 e. The first-order chi connectivity index (χ1) is 12.6. The molecule has 7 nitrogen and oxygen atoms in total. The van der Waals surface area contributed by atoms with Crippen LogP contribution in [-0.2, 0) is 29.1 Å². The van der Waals surface area contributed by atoms with Crippen molar-refractivity contribution >= 4 is 11.8 Å². The number of rotatable bonds is 6. The standard InChI is InChI=1S/C19H31N5O2/c1-3-22(4-2)19(26)15-6-5-10-23(14-15)18(25)8-7-16-12-17-13-20-9-11-24(17)21-16/h12,15,20H,3-11,13-14H2,1-2H3/t15-/m1/s1. The first-order valence-electron chi connectivity index (χ1n) is 9.95. The monoisotopic (exact) mass is 361 g/mol. The summed E-state index contributed by atoms with van der Waals surface area (Å²) in [5.74, 6) is 0.298. The fourth-order valence-corrected chi connectivity index (χ4v) is 3.97. The van der Waals surface area contributed by atoms with Crippen molar-refractivity contribution in [2.45, 2.75) is 52.6 Å². The Kier molecular flexibility index (Phi) is 6.29. The molecule has 3 heterocycles. The zero-order chi connectivity index (χ0) is 18.5. The molecule has 1 aromatic rings. The molecule has 0 spiro atoms. The van der Waals surface area contributed by atoms with Crippen LogP contribution in [0.15, 0.2) is 6.07 Å². The maximum atomic E-state index is 12.6. The summed E-state index contributed by atoms with van der Waals surface area (Å²) in [7, 11) is 0. The molecule has 2 amide bonds. The lowest BCUT2D eigenvalue weighted by Crippen LogP contribution is -2.46. The van der Waals surface area contributed by atoms with E-state index in [2.05, 4.69) is 16.5 Å². The second-order valence-electron chi connectivity index (χ2n) is 7.22. The van der Waals surface area contributed by atoms with Crippen LogP contribution in [-0.4, -0.2) is 64.1 Å². The van der Waals surface area contributed by atoms with E-state index in [9.17, 15) is 9.59 Å². The molecule has 2 aliphatic heterocycles. The number of carbonyl (C=O) groups excluding carboxylic acids is 2. The molecule has 0 aromatic carbocycles. The maximum Gasteiger partial charge on any atom is 0.227 e. The Hall–Kier alpha value is -1.89. The van der Waals surface area contributed by atoms with Gasteiger partial charge in [-0.1, -0.05) is 0 Å². The molecule has 26 heavy (non-hydrogen) atoms. The van der Waals surface area contributed by atoms with Crippen molar-refractivity contribution in [3.8, 4) is 0 Å². The maximum absolute atomic E-state index is 12.6. The molecular formula is C19H31N5O2. The largest absolute Gasteiger partial charge is 0.343 e. The van der Waals surface area contributed by atoms with E-state index in [1.54, 1.807) is 0 Å². The normalized spacial score (nSPS) is 19.9. The van der Waals surface area contributed by atoms with E-state index in [1.165, 1.54) is 5.69 Å². The van der Waals surface area contributed by atoms with E-state index in [0.717, 1.165) is 57.8 Å². The molecule has 1 N–H and O–H groups in total. The number of likely N-dealkylation sites (tertiary alicyclic amines) is 1. The highest BCUT2D eigenvalue weighted by Gasteiger charge is 2.30. The van der Waals surface area contributed by atoms with Gasteiger partial charge >= 0.3 is 0 Å². The number of piperidine rings is 1. The number of nitrogens with zero attached hydrogens (tertiary/aromatic N) is 4. The molecule has 1 atom stereocenters. The number of hydrogen-bond donors (Lipinski definition) is 1. The minimum absolute atomic E-state index is 0.0430. The van der Waals surface area contributed by atoms with Crippen molar-refractivity contribution in [3.63, 3.8) is 0 Å². The van der Waals surface area contributed by atoms with Gasteiger partial charge in [-0.2, -0.15) is 5.10 Å². The number of nitrogens with one attached hydrogen (secondary N) is 1. The van der Waals surface area contributed by atoms with E-state index in [4.69, 9.17) is 0 Å². The van der Waals surface area contributed by atoms with Crippen LogP contribution in [0.3, 0.4) is 0 Å². The van der Waals surface area contributed by atoms with Gasteiger partial charge in [0.1, 0.15) is 0 Å². The number of fused-ring (bicyclic) bond motifs is 1. The van der Waals surface area contributed by atoms with E-state index >= 15 is 0 Å². The molecule has 7 heteroatoms. The SMILES string of the molecule is CCN(CC)C(=O)[C@@H]1CCCN(C(=O)CCc2cc3n(n2)CCNC3)C1. The summed E-state index contributed by atoms with van der Waals surface area (Å²) in [6.07, 6.45) is 2.94. The van der Waals surface area contributed by atoms with Gasteiger partial charge in [-0.3, -0.25) is 14.3 Å². The first kappa shape index (κ1) is 18.9. The third-order valence-corrected chi connectivity index (χ3v) is 5.51. The summed E-state index contributed by atoms with van der Waals surface area (Å²) in [5.41, 5.74) is 2.19. The molecule has 0 bridgehead atoms. The third kappa shape index (κ3) is 4.26. The number of hydrogen-bond acceptors (Lipinski definition) is 4. The Bertz CT molecular complexity index is 614. The molecule has 0 radical (unpaired) electrons. The summed E-state index contributed by atoms with van der Waals surface area (Å²) in [6, 6.07) is 2.10. The molecule has 144 valence electrons. The van der Waals surface area contributed by atoms with Crippen LogP contribution in [0.4, 0.5) is 0 Å². The lowest BCUT2D eigenvalue weighted by molar-refractivity contribution is -0.140. The molecule has 0 aliphatic carbocycles. The minimum Gasteiger partial charge on any atom is -0.343 e. The van der Waals surface area contributed by atoms with Gasteiger partial charge in [0.05, 0.1) is 23.9 Å². The Balaban J connectivity index is 1.52. The average Bonchev–Trinajstić information content (AvgIpc) is 3.10. The van der Waals surface area contributed by atoms with Gasteiger partial charge in [-0.15, -0.1) is 0 Å². The second-order valence-corrected chi connectivity index (χ2v) is 7.22. The Labute approximate surface area is 155 Å². The number of carbonyl (C=O) groups is 2. The molecule has 1 saturated heterocycles. The fourth-order valence-electron chi connectivity index (χ4n) is 3.97. The molecular weight excluding hydrogens is 330 g/mol. The van der Waals surface area contributed by atoms with Crippen LogP contribution >= 0.6 is 0 Å².